The third-order valence-corrected chi connectivity index (χ3v) is 3.96. The van der Waals surface area contributed by atoms with E-state index in [4.69, 9.17) is 9.52 Å². The second-order valence-electron chi connectivity index (χ2n) is 6.24. The predicted molar refractivity (Wildman–Crippen MR) is 73.0 cm³/mol. The highest BCUT2D eigenvalue weighted by Crippen LogP contribution is 2.47. The number of aliphatic carboxylic acids is 1. The van der Waals surface area contributed by atoms with E-state index in [1.54, 1.807) is 13.8 Å². The molecule has 106 valence electrons. The summed E-state index contributed by atoms with van der Waals surface area (Å²) in [5.74, 6) is 2.64. The number of carbonyl (C=O) groups is 1. The van der Waals surface area contributed by atoms with Gasteiger partial charge < -0.3 is 14.8 Å². The molecule has 0 aromatic carbocycles. The minimum atomic E-state index is -0.752. The van der Waals surface area contributed by atoms with E-state index in [2.05, 4.69) is 18.3 Å². The van der Waals surface area contributed by atoms with Crippen molar-refractivity contribution in [2.45, 2.75) is 46.1 Å². The summed E-state index contributed by atoms with van der Waals surface area (Å²) in [6.45, 7) is 7.07. The van der Waals surface area contributed by atoms with E-state index >= 15 is 0 Å². The first-order chi connectivity index (χ1) is 8.90. The highest BCUT2D eigenvalue weighted by Gasteiger charge is 2.36. The third kappa shape index (κ3) is 3.60. The van der Waals surface area contributed by atoms with Crippen molar-refractivity contribution in [3.63, 3.8) is 0 Å². The monoisotopic (exact) mass is 265 g/mol. The summed E-state index contributed by atoms with van der Waals surface area (Å²) in [5, 5.41) is 12.2. The third-order valence-electron chi connectivity index (χ3n) is 3.96. The largest absolute Gasteiger partial charge is 0.481 e. The molecule has 1 saturated carbocycles. The van der Waals surface area contributed by atoms with Gasteiger partial charge in [0.1, 0.15) is 11.5 Å². The molecule has 1 aromatic rings. The van der Waals surface area contributed by atoms with E-state index in [1.807, 2.05) is 6.07 Å². The lowest BCUT2D eigenvalue weighted by molar-refractivity contribution is -0.147. The minimum absolute atomic E-state index is 0.607. The number of hydrogen-bond donors (Lipinski definition) is 2. The van der Waals surface area contributed by atoms with Crippen LogP contribution in [-0.4, -0.2) is 17.6 Å². The molecular weight excluding hydrogens is 242 g/mol. The van der Waals surface area contributed by atoms with Gasteiger partial charge in [0.2, 0.25) is 0 Å². The highest BCUT2D eigenvalue weighted by atomic mass is 16.4. The lowest BCUT2D eigenvalue weighted by atomic mass is 9.90. The van der Waals surface area contributed by atoms with Crippen LogP contribution in [0, 0.1) is 11.3 Å². The number of carboxylic acids is 1. The van der Waals surface area contributed by atoms with Gasteiger partial charge >= 0.3 is 5.97 Å². The Bertz CT molecular complexity index is 450. The molecule has 1 heterocycles. The fourth-order valence-electron chi connectivity index (χ4n) is 2.13. The van der Waals surface area contributed by atoms with Crippen LogP contribution in [0.15, 0.2) is 16.5 Å². The molecule has 2 N–H and O–H groups in total. The second-order valence-corrected chi connectivity index (χ2v) is 6.24. The average Bonchev–Trinajstić information content (AvgIpc) is 2.89. The maximum atomic E-state index is 11.0. The molecule has 1 aromatic heterocycles. The molecule has 4 heteroatoms. The first-order valence-electron chi connectivity index (χ1n) is 6.93. The lowest BCUT2D eigenvalue weighted by Gasteiger charge is -2.18. The first kappa shape index (κ1) is 14.1. The van der Waals surface area contributed by atoms with Crippen LogP contribution in [0.3, 0.4) is 0 Å². The zero-order valence-electron chi connectivity index (χ0n) is 11.9. The molecule has 0 amide bonds. The molecule has 0 radical (unpaired) electrons. The average molecular weight is 265 g/mol. The summed E-state index contributed by atoms with van der Waals surface area (Å²) >= 11 is 0. The summed E-state index contributed by atoms with van der Waals surface area (Å²) in [6, 6.07) is 4.07. The van der Waals surface area contributed by atoms with Crippen LogP contribution in [-0.2, 0) is 11.3 Å². The van der Waals surface area contributed by atoms with Crippen LogP contribution < -0.4 is 5.32 Å². The van der Waals surface area contributed by atoms with Crippen LogP contribution in [0.25, 0.3) is 0 Å². The molecule has 1 aliphatic rings. The maximum absolute atomic E-state index is 11.0. The number of furan rings is 1. The Balaban J connectivity index is 1.71. The van der Waals surface area contributed by atoms with Crippen molar-refractivity contribution >= 4 is 5.97 Å². The summed E-state index contributed by atoms with van der Waals surface area (Å²) in [7, 11) is 0. The van der Waals surface area contributed by atoms with Crippen molar-refractivity contribution < 1.29 is 14.3 Å². The van der Waals surface area contributed by atoms with Gasteiger partial charge in [0.25, 0.3) is 0 Å². The van der Waals surface area contributed by atoms with E-state index in [0.717, 1.165) is 17.4 Å². The van der Waals surface area contributed by atoms with E-state index in [0.29, 0.717) is 25.4 Å². The van der Waals surface area contributed by atoms with Gasteiger partial charge in [-0.1, -0.05) is 6.92 Å². The molecule has 2 rings (SSSR count). The Morgan fingerprint density at radius 2 is 2.21 bits per heavy atom. The van der Waals surface area contributed by atoms with Gasteiger partial charge in [0.05, 0.1) is 12.0 Å². The molecule has 19 heavy (non-hydrogen) atoms. The molecule has 2 unspecified atom stereocenters. The van der Waals surface area contributed by atoms with Crippen molar-refractivity contribution in [2.24, 2.45) is 11.3 Å². The fourth-order valence-corrected chi connectivity index (χ4v) is 2.13. The van der Waals surface area contributed by atoms with Crippen LogP contribution >= 0.6 is 0 Å². The van der Waals surface area contributed by atoms with Crippen LogP contribution in [0.2, 0.25) is 0 Å². The van der Waals surface area contributed by atoms with Gasteiger partial charge in [0.15, 0.2) is 0 Å². The van der Waals surface area contributed by atoms with E-state index in [9.17, 15) is 4.79 Å². The van der Waals surface area contributed by atoms with Crippen LogP contribution in [0.1, 0.15) is 51.1 Å². The minimum Gasteiger partial charge on any atom is -0.481 e. The summed E-state index contributed by atoms with van der Waals surface area (Å²) in [4.78, 5) is 11.0. The molecule has 0 aliphatic heterocycles. The van der Waals surface area contributed by atoms with Gasteiger partial charge in [0, 0.05) is 5.92 Å². The Hall–Kier alpha value is -1.29. The smallest absolute Gasteiger partial charge is 0.309 e. The van der Waals surface area contributed by atoms with Gasteiger partial charge in [-0.2, -0.15) is 0 Å². The summed E-state index contributed by atoms with van der Waals surface area (Å²) in [5.41, 5.74) is -0.676. The first-order valence-corrected chi connectivity index (χ1v) is 6.93. The number of nitrogens with one attached hydrogen (secondary N) is 1. The standard InChI is InChI=1S/C15H23NO3/c1-10-8-12(10)13-5-4-11(19-13)9-16-7-6-15(2,3)14(17)18/h4-5,10,12,16H,6-9H2,1-3H3,(H,17,18). The molecular formula is C15H23NO3. The van der Waals surface area contributed by atoms with Crippen molar-refractivity contribution in [1.29, 1.82) is 0 Å². The Morgan fingerprint density at radius 3 is 2.79 bits per heavy atom. The summed E-state index contributed by atoms with van der Waals surface area (Å²) < 4.78 is 5.78. The van der Waals surface area contributed by atoms with Crippen LogP contribution in [0.5, 0.6) is 0 Å². The van der Waals surface area contributed by atoms with Crippen LogP contribution in [0.4, 0.5) is 0 Å². The Labute approximate surface area is 114 Å². The van der Waals surface area contributed by atoms with Gasteiger partial charge in [-0.05, 0) is 51.3 Å². The number of hydrogen-bond acceptors (Lipinski definition) is 3. The van der Waals surface area contributed by atoms with Crippen molar-refractivity contribution in [3.8, 4) is 0 Å². The van der Waals surface area contributed by atoms with Crippen molar-refractivity contribution in [2.75, 3.05) is 6.54 Å². The molecule has 0 spiro atoms. The van der Waals surface area contributed by atoms with Gasteiger partial charge in [-0.25, -0.2) is 0 Å². The highest BCUT2D eigenvalue weighted by molar-refractivity contribution is 5.73. The normalized spacial score (nSPS) is 22.5. The second kappa shape index (κ2) is 5.37. The van der Waals surface area contributed by atoms with E-state index in [-0.39, 0.29) is 0 Å². The summed E-state index contributed by atoms with van der Waals surface area (Å²) in [6.07, 6.45) is 1.84. The van der Waals surface area contributed by atoms with Gasteiger partial charge in [-0.3, -0.25) is 4.79 Å². The fraction of sp³-hybridized carbons (Fsp3) is 0.667. The van der Waals surface area contributed by atoms with Gasteiger partial charge in [-0.15, -0.1) is 0 Å². The van der Waals surface area contributed by atoms with E-state index in [1.165, 1.54) is 6.42 Å². The maximum Gasteiger partial charge on any atom is 0.309 e. The molecule has 4 nitrogen and oxygen atoms in total. The molecule has 0 saturated heterocycles. The predicted octanol–water partition coefficient (Wildman–Crippen LogP) is 2.99. The molecule has 2 atom stereocenters. The van der Waals surface area contributed by atoms with Crippen molar-refractivity contribution in [1.82, 2.24) is 5.32 Å². The van der Waals surface area contributed by atoms with E-state index < -0.39 is 11.4 Å². The Morgan fingerprint density at radius 1 is 1.53 bits per heavy atom. The lowest BCUT2D eigenvalue weighted by Crippen LogP contribution is -2.28. The molecule has 1 fully saturated rings. The number of rotatable bonds is 7. The molecule has 1 aliphatic carbocycles. The number of carboxylic acid groups (broad SMARTS) is 1. The zero-order chi connectivity index (χ0) is 14.0. The topological polar surface area (TPSA) is 62.5 Å². The molecule has 0 bridgehead atoms. The SMILES string of the molecule is CC1CC1c1ccc(CNCCC(C)(C)C(=O)O)o1. The quantitative estimate of drug-likeness (QED) is 0.744. The van der Waals surface area contributed by atoms with Crippen molar-refractivity contribution in [3.05, 3.63) is 23.7 Å². The zero-order valence-corrected chi connectivity index (χ0v) is 11.9. The Kier molecular flexibility index (Phi) is 3.99.